The largest absolute Gasteiger partial charge is 0.494 e. The van der Waals surface area contributed by atoms with E-state index in [0.717, 1.165) is 0 Å². The highest BCUT2D eigenvalue weighted by Crippen LogP contribution is 2.37. The Labute approximate surface area is 184 Å². The number of methoxy groups -OCH3 is 1. The number of benzene rings is 1. The number of halogens is 2. The van der Waals surface area contributed by atoms with Gasteiger partial charge in [0.1, 0.15) is 11.8 Å². The Morgan fingerprint density at radius 3 is 2.28 bits per heavy atom. The quantitative estimate of drug-likeness (QED) is 0.564. The summed E-state index contributed by atoms with van der Waals surface area (Å²) in [5, 5.41) is 3.56. The molecule has 0 aliphatic carbocycles. The van der Waals surface area contributed by atoms with Crippen molar-refractivity contribution in [1.82, 2.24) is 5.32 Å². The standard InChI is InChI=1S/C19H30BClN2O5.ClH/c1-18(2)19(3,4)28-20(27-18)16(23-17(24)15(22)12-25-5)10-11-26-14-8-6-13(21)7-9-14;/h6-9,15-16H,10-12,22H2,1-5H3,(H,23,24);1H. The first-order chi connectivity index (χ1) is 13.1. The fourth-order valence-electron chi connectivity index (χ4n) is 2.71. The van der Waals surface area contributed by atoms with Gasteiger partial charge in [-0.05, 0) is 52.0 Å². The number of ether oxygens (including phenoxy) is 2. The molecule has 1 heterocycles. The molecule has 1 fully saturated rings. The maximum absolute atomic E-state index is 12.4. The van der Waals surface area contributed by atoms with Crippen LogP contribution in [-0.2, 0) is 18.8 Å². The number of amides is 1. The third kappa shape index (κ3) is 7.01. The van der Waals surface area contributed by atoms with Crippen molar-refractivity contribution in [1.29, 1.82) is 0 Å². The van der Waals surface area contributed by atoms with Crippen molar-refractivity contribution < 1.29 is 23.6 Å². The number of rotatable bonds is 9. The van der Waals surface area contributed by atoms with Gasteiger partial charge in [-0.1, -0.05) is 11.6 Å². The van der Waals surface area contributed by atoms with Gasteiger partial charge in [0.05, 0.1) is 30.4 Å². The van der Waals surface area contributed by atoms with E-state index in [9.17, 15) is 4.79 Å². The highest BCUT2D eigenvalue weighted by atomic mass is 35.5. The minimum atomic E-state index is -0.771. The molecule has 7 nitrogen and oxygen atoms in total. The van der Waals surface area contributed by atoms with Crippen molar-refractivity contribution in [2.24, 2.45) is 5.73 Å². The summed E-state index contributed by atoms with van der Waals surface area (Å²) < 4.78 is 22.9. The average Bonchev–Trinajstić information content (AvgIpc) is 2.83. The summed E-state index contributed by atoms with van der Waals surface area (Å²) in [6, 6.07) is 6.33. The second-order valence-electron chi connectivity index (χ2n) is 7.89. The van der Waals surface area contributed by atoms with Gasteiger partial charge in [0.25, 0.3) is 0 Å². The molecule has 1 aromatic rings. The first-order valence-electron chi connectivity index (χ1n) is 9.34. The van der Waals surface area contributed by atoms with E-state index in [1.54, 1.807) is 24.3 Å². The number of hydrogen-bond acceptors (Lipinski definition) is 6. The second kappa shape index (κ2) is 10.8. The van der Waals surface area contributed by atoms with Crippen molar-refractivity contribution in [2.45, 2.75) is 57.3 Å². The summed E-state index contributed by atoms with van der Waals surface area (Å²) in [4.78, 5) is 12.4. The van der Waals surface area contributed by atoms with Gasteiger partial charge in [0.15, 0.2) is 0 Å². The van der Waals surface area contributed by atoms with Crippen LogP contribution < -0.4 is 15.8 Å². The van der Waals surface area contributed by atoms with Crippen LogP contribution in [0.1, 0.15) is 34.1 Å². The maximum atomic E-state index is 12.4. The zero-order valence-corrected chi connectivity index (χ0v) is 19.1. The highest BCUT2D eigenvalue weighted by Gasteiger charge is 2.54. The fraction of sp³-hybridized carbons (Fsp3) is 0.632. The highest BCUT2D eigenvalue weighted by molar-refractivity contribution is 6.48. The first-order valence-corrected chi connectivity index (χ1v) is 9.72. The summed E-state index contributed by atoms with van der Waals surface area (Å²) in [5.74, 6) is -0.0590. The molecule has 2 rings (SSSR count). The van der Waals surface area contributed by atoms with Gasteiger partial charge >= 0.3 is 7.12 Å². The predicted octanol–water partition coefficient (Wildman–Crippen LogP) is 2.62. The maximum Gasteiger partial charge on any atom is 0.481 e. The third-order valence-electron chi connectivity index (χ3n) is 5.12. The smallest absolute Gasteiger partial charge is 0.481 e. The third-order valence-corrected chi connectivity index (χ3v) is 5.37. The minimum Gasteiger partial charge on any atom is -0.494 e. The normalized spacial score (nSPS) is 19.2. The van der Waals surface area contributed by atoms with Gasteiger partial charge < -0.3 is 29.8 Å². The van der Waals surface area contributed by atoms with Gasteiger partial charge in [0, 0.05) is 18.6 Å². The Balaban J connectivity index is 0.00000420. The van der Waals surface area contributed by atoms with Crippen LogP contribution in [0.15, 0.2) is 24.3 Å². The average molecular weight is 449 g/mol. The summed E-state index contributed by atoms with van der Waals surface area (Å²) in [5.41, 5.74) is 4.84. The van der Waals surface area contributed by atoms with Crippen molar-refractivity contribution in [3.8, 4) is 5.75 Å². The van der Waals surface area contributed by atoms with E-state index in [4.69, 9.17) is 36.1 Å². The van der Waals surface area contributed by atoms with Gasteiger partial charge in [-0.25, -0.2) is 0 Å². The minimum absolute atomic E-state index is 0. The van der Waals surface area contributed by atoms with E-state index in [1.807, 2.05) is 27.7 Å². The van der Waals surface area contributed by atoms with Gasteiger partial charge in [0.2, 0.25) is 5.91 Å². The number of hydrogen-bond donors (Lipinski definition) is 2. The van der Waals surface area contributed by atoms with E-state index >= 15 is 0 Å². The van der Waals surface area contributed by atoms with Crippen molar-refractivity contribution in [3.05, 3.63) is 29.3 Å². The molecular weight excluding hydrogens is 418 g/mol. The van der Waals surface area contributed by atoms with Crippen molar-refractivity contribution >= 4 is 37.0 Å². The summed E-state index contributed by atoms with van der Waals surface area (Å²) >= 11 is 5.89. The molecule has 0 bridgehead atoms. The first kappa shape index (κ1) is 26.0. The molecule has 0 spiro atoms. The van der Waals surface area contributed by atoms with Gasteiger partial charge in [-0.15, -0.1) is 12.4 Å². The van der Waals surface area contributed by atoms with Crippen LogP contribution in [0.5, 0.6) is 5.75 Å². The molecule has 10 heteroatoms. The molecule has 29 heavy (non-hydrogen) atoms. The number of nitrogens with two attached hydrogens (primary N) is 1. The Morgan fingerprint density at radius 1 is 1.21 bits per heavy atom. The zero-order valence-electron chi connectivity index (χ0n) is 17.6. The topological polar surface area (TPSA) is 92.0 Å². The molecule has 1 aliphatic rings. The second-order valence-corrected chi connectivity index (χ2v) is 8.33. The van der Waals surface area contributed by atoms with E-state index in [1.165, 1.54) is 7.11 Å². The van der Waals surface area contributed by atoms with E-state index in [2.05, 4.69) is 5.32 Å². The van der Waals surface area contributed by atoms with Crippen LogP contribution in [0.2, 0.25) is 5.02 Å². The molecule has 1 aliphatic heterocycles. The summed E-state index contributed by atoms with van der Waals surface area (Å²) in [7, 11) is 0.885. The lowest BCUT2D eigenvalue weighted by Gasteiger charge is -2.32. The lowest BCUT2D eigenvalue weighted by Crippen LogP contribution is -2.54. The molecule has 1 amide bonds. The van der Waals surface area contributed by atoms with Crippen LogP contribution in [0.4, 0.5) is 0 Å². The summed E-state index contributed by atoms with van der Waals surface area (Å²) in [6.45, 7) is 8.35. The molecule has 0 saturated carbocycles. The Kier molecular flexibility index (Phi) is 9.72. The Hall–Kier alpha value is -1.03. The van der Waals surface area contributed by atoms with Crippen LogP contribution in [-0.4, -0.2) is 56.5 Å². The van der Waals surface area contributed by atoms with E-state index in [0.29, 0.717) is 23.8 Å². The molecule has 2 atom stereocenters. The monoisotopic (exact) mass is 448 g/mol. The fourth-order valence-corrected chi connectivity index (χ4v) is 2.83. The van der Waals surface area contributed by atoms with Crippen LogP contribution in [0.25, 0.3) is 0 Å². The molecule has 0 radical (unpaired) electrons. The molecule has 164 valence electrons. The number of carbonyl (C=O) groups excluding carboxylic acids is 1. The van der Waals surface area contributed by atoms with E-state index in [-0.39, 0.29) is 24.9 Å². The van der Waals surface area contributed by atoms with Crippen LogP contribution in [0.3, 0.4) is 0 Å². The number of nitrogens with one attached hydrogen (secondary N) is 1. The molecule has 1 saturated heterocycles. The summed E-state index contributed by atoms with van der Waals surface area (Å²) in [6.07, 6.45) is 0.477. The lowest BCUT2D eigenvalue weighted by molar-refractivity contribution is -0.123. The molecule has 3 N–H and O–H groups in total. The van der Waals surface area contributed by atoms with Crippen molar-refractivity contribution in [2.75, 3.05) is 20.3 Å². The molecule has 0 aromatic heterocycles. The van der Waals surface area contributed by atoms with Crippen LogP contribution in [0, 0.1) is 0 Å². The Morgan fingerprint density at radius 2 is 1.76 bits per heavy atom. The molecule has 1 aromatic carbocycles. The molecular formula is C19H31BCl2N2O5. The SMILES string of the molecule is COCC(N)C(=O)NC(CCOc1ccc(Cl)cc1)B1OC(C)(C)C(C)(C)O1.Cl. The van der Waals surface area contributed by atoms with Gasteiger partial charge in [-0.2, -0.15) is 0 Å². The van der Waals surface area contributed by atoms with Crippen molar-refractivity contribution in [3.63, 3.8) is 0 Å². The van der Waals surface area contributed by atoms with Gasteiger partial charge in [-0.3, -0.25) is 4.79 Å². The van der Waals surface area contributed by atoms with E-state index < -0.39 is 30.3 Å². The zero-order chi connectivity index (χ0) is 20.9. The molecule has 2 unspecified atom stereocenters. The lowest BCUT2D eigenvalue weighted by atomic mass is 9.76. The van der Waals surface area contributed by atoms with Crippen LogP contribution >= 0.6 is 24.0 Å². The Bertz CT molecular complexity index is 645. The predicted molar refractivity (Wildman–Crippen MR) is 117 cm³/mol. The number of carbonyl (C=O) groups is 1.